The fraction of sp³-hybridized carbons (Fsp3) is 0.294. The smallest absolute Gasteiger partial charge is 0.295 e. The molecule has 1 atom stereocenters. The van der Waals surface area contributed by atoms with Crippen molar-refractivity contribution in [2.75, 3.05) is 6.54 Å². The van der Waals surface area contributed by atoms with E-state index >= 15 is 0 Å². The summed E-state index contributed by atoms with van der Waals surface area (Å²) in [4.78, 5) is 24.5. The molecular weight excluding hydrogens is 314 g/mol. The van der Waals surface area contributed by atoms with Crippen LogP contribution >= 0.6 is 0 Å². The maximum Gasteiger partial charge on any atom is 0.295 e. The number of aromatic amines is 2. The summed E-state index contributed by atoms with van der Waals surface area (Å²) < 4.78 is 25.8. The summed E-state index contributed by atoms with van der Waals surface area (Å²) in [5.74, 6) is -0.586. The number of H-pyrrole nitrogens is 2. The van der Waals surface area contributed by atoms with Crippen LogP contribution in [-0.2, 0) is 0 Å². The molecule has 1 aliphatic rings. The minimum Gasteiger partial charge on any atom is -0.363 e. The zero-order valence-corrected chi connectivity index (χ0v) is 12.8. The van der Waals surface area contributed by atoms with Crippen molar-refractivity contribution in [3.05, 3.63) is 53.6 Å². The second kappa shape index (κ2) is 5.74. The molecule has 0 saturated carbocycles. The number of hydrogen-bond acceptors (Lipinski definition) is 2. The van der Waals surface area contributed by atoms with E-state index in [-0.39, 0.29) is 11.9 Å². The van der Waals surface area contributed by atoms with Gasteiger partial charge in [-0.1, -0.05) is 6.07 Å². The third-order valence-electron chi connectivity index (χ3n) is 4.46. The van der Waals surface area contributed by atoms with E-state index < -0.39 is 12.2 Å². The van der Waals surface area contributed by atoms with Gasteiger partial charge in [-0.25, -0.2) is 13.8 Å². The molecule has 5 nitrogen and oxygen atoms in total. The number of likely N-dealkylation sites (tertiary alicyclic amines) is 1. The molecule has 1 aliphatic heterocycles. The molecule has 1 unspecified atom stereocenters. The number of aromatic nitrogens is 3. The van der Waals surface area contributed by atoms with Gasteiger partial charge < -0.3 is 14.9 Å². The zero-order chi connectivity index (χ0) is 16.7. The van der Waals surface area contributed by atoms with E-state index in [1.54, 1.807) is 23.1 Å². The average Bonchev–Trinajstić information content (AvgIpc) is 3.31. The number of alkyl halides is 2. The van der Waals surface area contributed by atoms with Crippen LogP contribution in [0.4, 0.5) is 8.78 Å². The predicted octanol–water partition coefficient (Wildman–Crippen LogP) is 3.81. The second-order valence-electron chi connectivity index (χ2n) is 5.91. The first-order chi connectivity index (χ1) is 11.6. The molecule has 0 radical (unpaired) electrons. The predicted molar refractivity (Wildman–Crippen MR) is 84.9 cm³/mol. The highest BCUT2D eigenvalue weighted by molar-refractivity contribution is 6.05. The Hall–Kier alpha value is -2.70. The van der Waals surface area contributed by atoms with E-state index in [1.165, 1.54) is 0 Å². The Balaban J connectivity index is 1.73. The van der Waals surface area contributed by atoms with Crippen molar-refractivity contribution in [1.82, 2.24) is 19.9 Å². The van der Waals surface area contributed by atoms with E-state index in [0.717, 1.165) is 18.5 Å². The van der Waals surface area contributed by atoms with Gasteiger partial charge in [-0.05, 0) is 37.1 Å². The van der Waals surface area contributed by atoms with Gasteiger partial charge >= 0.3 is 0 Å². The highest BCUT2D eigenvalue weighted by Crippen LogP contribution is 2.33. The highest BCUT2D eigenvalue weighted by Gasteiger charge is 2.32. The molecule has 1 saturated heterocycles. The van der Waals surface area contributed by atoms with Crippen LogP contribution in [0.2, 0.25) is 0 Å². The first kappa shape index (κ1) is 14.9. The summed E-state index contributed by atoms with van der Waals surface area (Å²) in [5.41, 5.74) is 2.10. The summed E-state index contributed by atoms with van der Waals surface area (Å²) in [5, 5.41) is 0. The van der Waals surface area contributed by atoms with Crippen LogP contribution in [0.3, 0.4) is 0 Å². The SMILES string of the molecule is O=C(c1cccc2[nH]c(C(F)F)nc12)N1CCCC1c1ccc[nH]1. The van der Waals surface area contributed by atoms with Gasteiger partial charge in [0.1, 0.15) is 5.52 Å². The second-order valence-corrected chi connectivity index (χ2v) is 5.91. The van der Waals surface area contributed by atoms with Crippen molar-refractivity contribution in [3.8, 4) is 0 Å². The number of nitrogens with one attached hydrogen (secondary N) is 2. The molecule has 1 amide bonds. The lowest BCUT2D eigenvalue weighted by Gasteiger charge is -2.24. The third-order valence-corrected chi connectivity index (χ3v) is 4.46. The van der Waals surface area contributed by atoms with E-state index in [4.69, 9.17) is 0 Å². The number of hydrogen-bond donors (Lipinski definition) is 2. The number of fused-ring (bicyclic) bond motifs is 1. The van der Waals surface area contributed by atoms with Gasteiger partial charge in [0.2, 0.25) is 0 Å². The van der Waals surface area contributed by atoms with Crippen LogP contribution < -0.4 is 0 Å². The third kappa shape index (κ3) is 2.36. The molecule has 3 heterocycles. The Bertz CT molecular complexity index is 872. The van der Waals surface area contributed by atoms with E-state index in [2.05, 4.69) is 15.0 Å². The lowest BCUT2D eigenvalue weighted by molar-refractivity contribution is 0.0735. The number of benzene rings is 1. The first-order valence-corrected chi connectivity index (χ1v) is 7.86. The highest BCUT2D eigenvalue weighted by atomic mass is 19.3. The number of carbonyl (C=O) groups excluding carboxylic acids is 1. The quantitative estimate of drug-likeness (QED) is 0.767. The Morgan fingerprint density at radius 2 is 2.17 bits per heavy atom. The van der Waals surface area contributed by atoms with Gasteiger partial charge in [-0.3, -0.25) is 4.79 Å². The largest absolute Gasteiger partial charge is 0.363 e. The molecular formula is C17H16F2N4O. The monoisotopic (exact) mass is 330 g/mol. The van der Waals surface area contributed by atoms with Crippen molar-refractivity contribution in [3.63, 3.8) is 0 Å². The van der Waals surface area contributed by atoms with Crippen LogP contribution in [0.15, 0.2) is 36.5 Å². The summed E-state index contributed by atoms with van der Waals surface area (Å²) in [7, 11) is 0. The maximum absolute atomic E-state index is 13.0. The standard InChI is InChI=1S/C17H16F2N4O/c18-15(19)16-21-12-5-1-4-10(14(12)22-16)17(24)23-9-3-7-13(23)11-6-2-8-20-11/h1-2,4-6,8,13,15,20H,3,7,9H2,(H,21,22). The van der Waals surface area contributed by atoms with Crippen LogP contribution in [0.5, 0.6) is 0 Å². The van der Waals surface area contributed by atoms with Gasteiger partial charge in [0.25, 0.3) is 12.3 Å². The summed E-state index contributed by atoms with van der Waals surface area (Å²) in [6.07, 6.45) is 0.928. The number of halogens is 2. The fourth-order valence-corrected chi connectivity index (χ4v) is 3.37. The molecule has 4 rings (SSSR count). The maximum atomic E-state index is 13.0. The Kier molecular flexibility index (Phi) is 3.55. The summed E-state index contributed by atoms with van der Waals surface area (Å²) >= 11 is 0. The van der Waals surface area contributed by atoms with Gasteiger partial charge in [-0.2, -0.15) is 0 Å². The van der Waals surface area contributed by atoms with Gasteiger partial charge in [-0.15, -0.1) is 0 Å². The first-order valence-electron chi connectivity index (χ1n) is 7.86. The van der Waals surface area contributed by atoms with Crippen LogP contribution in [-0.4, -0.2) is 32.3 Å². The zero-order valence-electron chi connectivity index (χ0n) is 12.8. The minimum absolute atomic E-state index is 0.0173. The van der Waals surface area contributed by atoms with Crippen LogP contribution in [0, 0.1) is 0 Å². The number of para-hydroxylation sites is 1. The van der Waals surface area contributed by atoms with Gasteiger partial charge in [0.05, 0.1) is 17.1 Å². The van der Waals surface area contributed by atoms with Crippen molar-refractivity contribution in [2.24, 2.45) is 0 Å². The number of amides is 1. The van der Waals surface area contributed by atoms with E-state index in [9.17, 15) is 13.6 Å². The minimum atomic E-state index is -2.70. The molecule has 0 spiro atoms. The molecule has 3 aromatic rings. The Morgan fingerprint density at radius 1 is 1.29 bits per heavy atom. The molecule has 124 valence electrons. The Labute approximate surface area is 136 Å². The average molecular weight is 330 g/mol. The molecule has 0 bridgehead atoms. The summed E-state index contributed by atoms with van der Waals surface area (Å²) in [6, 6.07) is 8.82. The Morgan fingerprint density at radius 3 is 2.92 bits per heavy atom. The van der Waals surface area contributed by atoms with Crippen molar-refractivity contribution >= 4 is 16.9 Å². The molecule has 7 heteroatoms. The lowest BCUT2D eigenvalue weighted by Crippen LogP contribution is -2.30. The van der Waals surface area contributed by atoms with Crippen LogP contribution in [0.1, 0.15) is 47.2 Å². The van der Waals surface area contributed by atoms with Crippen molar-refractivity contribution in [1.29, 1.82) is 0 Å². The van der Waals surface area contributed by atoms with Gasteiger partial charge in [0, 0.05) is 18.4 Å². The molecule has 2 aromatic heterocycles. The number of nitrogens with zero attached hydrogens (tertiary/aromatic N) is 2. The number of carbonyl (C=O) groups is 1. The number of imidazole rings is 1. The van der Waals surface area contributed by atoms with E-state index in [0.29, 0.717) is 23.1 Å². The normalized spacial score (nSPS) is 18.0. The molecule has 0 aliphatic carbocycles. The van der Waals surface area contributed by atoms with Gasteiger partial charge in [0.15, 0.2) is 5.82 Å². The molecule has 1 aromatic carbocycles. The van der Waals surface area contributed by atoms with E-state index in [1.807, 2.05) is 18.3 Å². The molecule has 2 N–H and O–H groups in total. The van der Waals surface area contributed by atoms with Crippen molar-refractivity contribution < 1.29 is 13.6 Å². The van der Waals surface area contributed by atoms with Crippen molar-refractivity contribution in [2.45, 2.75) is 25.3 Å². The number of rotatable bonds is 3. The summed E-state index contributed by atoms with van der Waals surface area (Å²) in [6.45, 7) is 0.644. The lowest BCUT2D eigenvalue weighted by atomic mass is 10.1. The van der Waals surface area contributed by atoms with Crippen LogP contribution in [0.25, 0.3) is 11.0 Å². The fourth-order valence-electron chi connectivity index (χ4n) is 3.37. The molecule has 1 fully saturated rings. The topological polar surface area (TPSA) is 64.8 Å². The molecule has 24 heavy (non-hydrogen) atoms.